The Morgan fingerprint density at radius 1 is 1.12 bits per heavy atom. The highest BCUT2D eigenvalue weighted by Crippen LogP contribution is 2.42. The molecule has 0 N–H and O–H groups in total. The van der Waals surface area contributed by atoms with Gasteiger partial charge in [0.05, 0.1) is 40.6 Å². The van der Waals surface area contributed by atoms with Gasteiger partial charge in [0, 0.05) is 50.8 Å². The number of benzene rings is 1. The fourth-order valence-corrected chi connectivity index (χ4v) is 6.10. The maximum atomic E-state index is 15.6. The van der Waals surface area contributed by atoms with E-state index in [0.717, 1.165) is 0 Å². The number of nitrogens with zero attached hydrogens (tertiary/aromatic N) is 7. The van der Waals surface area contributed by atoms with Crippen LogP contribution in [0.3, 0.4) is 0 Å². The standard InChI is InChI=1S/C29H34F3N7O3/c1-17-23-20(10-13-36(17)27(41)42-28(2,3)4)34-39(18-8-11-29(31,32)12-9-18)25(23)38-15-14-37(26(38)40)22-7-6-21-19(24(22)30)16-33-35(21)5/h6-7,14-18H,8-13H2,1-5H3/t17-/m0/s1. The number of amides is 1. The summed E-state index contributed by atoms with van der Waals surface area (Å²) in [6.45, 7) is 7.56. The molecule has 0 radical (unpaired) electrons. The summed E-state index contributed by atoms with van der Waals surface area (Å²) in [5, 5.41) is 9.23. The first-order valence-electron chi connectivity index (χ1n) is 14.2. The largest absolute Gasteiger partial charge is 0.444 e. The van der Waals surface area contributed by atoms with Gasteiger partial charge in [-0.2, -0.15) is 10.2 Å². The monoisotopic (exact) mass is 585 g/mol. The van der Waals surface area contributed by atoms with E-state index in [4.69, 9.17) is 9.84 Å². The number of ether oxygens (including phenoxy) is 1. The molecule has 1 saturated carbocycles. The van der Waals surface area contributed by atoms with E-state index < -0.39 is 35.2 Å². The lowest BCUT2D eigenvalue weighted by atomic mass is 9.92. The lowest BCUT2D eigenvalue weighted by molar-refractivity contribution is -0.0450. The van der Waals surface area contributed by atoms with E-state index in [9.17, 15) is 18.4 Å². The first kappa shape index (κ1) is 28.1. The molecule has 4 aromatic rings. The van der Waals surface area contributed by atoms with Crippen molar-refractivity contribution < 1.29 is 22.7 Å². The summed E-state index contributed by atoms with van der Waals surface area (Å²) in [7, 11) is 1.71. The molecule has 4 heterocycles. The molecule has 13 heteroatoms. The molecule has 0 spiro atoms. The van der Waals surface area contributed by atoms with Gasteiger partial charge in [0.15, 0.2) is 5.82 Å². The van der Waals surface area contributed by atoms with Crippen LogP contribution in [0.15, 0.2) is 35.5 Å². The van der Waals surface area contributed by atoms with Gasteiger partial charge in [-0.05, 0) is 52.7 Å². The quantitative estimate of drug-likeness (QED) is 0.319. The number of alkyl halides is 2. The Bertz CT molecular complexity index is 1730. The lowest BCUT2D eigenvalue weighted by Gasteiger charge is -2.35. The molecule has 0 unspecified atom stereocenters. The van der Waals surface area contributed by atoms with Gasteiger partial charge in [-0.1, -0.05) is 0 Å². The number of hydrogen-bond acceptors (Lipinski definition) is 5. The molecule has 10 nitrogen and oxygen atoms in total. The fraction of sp³-hybridized carbons (Fsp3) is 0.517. The normalized spacial score (nSPS) is 19.3. The van der Waals surface area contributed by atoms with E-state index in [-0.39, 0.29) is 42.8 Å². The number of hydrogen-bond donors (Lipinski definition) is 0. The van der Waals surface area contributed by atoms with Crippen molar-refractivity contribution in [2.75, 3.05) is 6.54 Å². The van der Waals surface area contributed by atoms with E-state index in [1.807, 2.05) is 6.92 Å². The Labute approximate surface area is 240 Å². The van der Waals surface area contributed by atoms with E-state index in [1.165, 1.54) is 33.8 Å². The number of halogens is 3. The summed E-state index contributed by atoms with van der Waals surface area (Å²) < 4.78 is 55.2. The zero-order valence-corrected chi connectivity index (χ0v) is 24.3. The number of aromatic nitrogens is 6. The van der Waals surface area contributed by atoms with Crippen LogP contribution >= 0.6 is 0 Å². The van der Waals surface area contributed by atoms with Gasteiger partial charge in [0.1, 0.15) is 11.4 Å². The minimum atomic E-state index is -2.74. The van der Waals surface area contributed by atoms with Crippen molar-refractivity contribution >= 4 is 17.0 Å². The molecule has 3 aromatic heterocycles. The molecule has 0 saturated heterocycles. The van der Waals surface area contributed by atoms with Crippen LogP contribution in [0.1, 0.15) is 76.7 Å². The summed E-state index contributed by atoms with van der Waals surface area (Å²) in [6, 6.07) is 2.33. The van der Waals surface area contributed by atoms with Crippen molar-refractivity contribution in [3.8, 4) is 11.5 Å². The minimum Gasteiger partial charge on any atom is -0.444 e. The van der Waals surface area contributed by atoms with Crippen molar-refractivity contribution in [2.45, 2.75) is 83.4 Å². The topological polar surface area (TPSA) is 92.1 Å². The number of aryl methyl sites for hydroxylation is 1. The highest BCUT2D eigenvalue weighted by Gasteiger charge is 2.41. The Morgan fingerprint density at radius 2 is 1.81 bits per heavy atom. The highest BCUT2D eigenvalue weighted by molar-refractivity contribution is 5.81. The number of imidazole rings is 1. The zero-order valence-electron chi connectivity index (χ0n) is 24.3. The van der Waals surface area contributed by atoms with Gasteiger partial charge in [0.2, 0.25) is 5.92 Å². The number of carbonyl (C=O) groups is 1. The summed E-state index contributed by atoms with van der Waals surface area (Å²) >= 11 is 0. The molecular formula is C29H34F3N7O3. The Balaban J connectivity index is 1.48. The maximum Gasteiger partial charge on any atom is 0.410 e. The molecule has 1 fully saturated rings. The third kappa shape index (κ3) is 4.68. The van der Waals surface area contributed by atoms with Crippen molar-refractivity contribution in [2.24, 2.45) is 7.05 Å². The van der Waals surface area contributed by atoms with Crippen molar-refractivity contribution in [1.82, 2.24) is 33.6 Å². The van der Waals surface area contributed by atoms with Crippen LogP contribution in [0, 0.1) is 5.82 Å². The van der Waals surface area contributed by atoms with Gasteiger partial charge in [-0.3, -0.25) is 13.8 Å². The lowest BCUT2D eigenvalue weighted by Crippen LogP contribution is -2.42. The number of rotatable bonds is 3. The molecule has 42 heavy (non-hydrogen) atoms. The molecule has 1 aliphatic carbocycles. The van der Waals surface area contributed by atoms with Crippen LogP contribution in [0.2, 0.25) is 0 Å². The van der Waals surface area contributed by atoms with Crippen molar-refractivity contribution in [1.29, 1.82) is 0 Å². The van der Waals surface area contributed by atoms with Gasteiger partial charge in [0.25, 0.3) is 0 Å². The number of fused-ring (bicyclic) bond motifs is 2. The third-order valence-electron chi connectivity index (χ3n) is 8.24. The van der Waals surface area contributed by atoms with E-state index in [2.05, 4.69) is 5.10 Å². The van der Waals surface area contributed by atoms with Gasteiger partial charge in [-0.25, -0.2) is 27.4 Å². The second-order valence-electron chi connectivity index (χ2n) is 12.2. The average molecular weight is 586 g/mol. The predicted molar refractivity (Wildman–Crippen MR) is 149 cm³/mol. The molecule has 0 bridgehead atoms. The second kappa shape index (κ2) is 9.77. The van der Waals surface area contributed by atoms with E-state index in [0.29, 0.717) is 35.6 Å². The Morgan fingerprint density at radius 3 is 2.50 bits per heavy atom. The van der Waals surface area contributed by atoms with Gasteiger partial charge < -0.3 is 9.64 Å². The Hall–Kier alpha value is -4.03. The molecule has 2 aliphatic rings. The van der Waals surface area contributed by atoms with Gasteiger partial charge in [-0.15, -0.1) is 0 Å². The SMILES string of the molecule is C[C@H]1c2c(nn(C3CCC(F)(F)CC3)c2-n2ccn(-c3ccc4c(cnn4C)c3F)c2=O)CCN1C(=O)OC(C)(C)C. The van der Waals surface area contributed by atoms with Crippen LogP contribution in [-0.2, 0) is 18.2 Å². The van der Waals surface area contributed by atoms with Gasteiger partial charge >= 0.3 is 11.8 Å². The highest BCUT2D eigenvalue weighted by atomic mass is 19.3. The molecule has 1 aliphatic heterocycles. The zero-order chi connectivity index (χ0) is 30.1. The molecule has 6 rings (SSSR count). The predicted octanol–water partition coefficient (Wildman–Crippen LogP) is 5.46. The van der Waals surface area contributed by atoms with E-state index in [1.54, 1.807) is 48.1 Å². The van der Waals surface area contributed by atoms with Crippen LogP contribution in [0.5, 0.6) is 0 Å². The smallest absolute Gasteiger partial charge is 0.410 e. The van der Waals surface area contributed by atoms with Crippen LogP contribution in [0.25, 0.3) is 22.4 Å². The second-order valence-corrected chi connectivity index (χ2v) is 12.2. The first-order chi connectivity index (χ1) is 19.8. The van der Waals surface area contributed by atoms with Crippen LogP contribution in [-0.4, -0.2) is 57.8 Å². The van der Waals surface area contributed by atoms with Crippen LogP contribution in [0.4, 0.5) is 18.0 Å². The third-order valence-corrected chi connectivity index (χ3v) is 8.24. The molecule has 1 atom stereocenters. The molecule has 1 aromatic carbocycles. The minimum absolute atomic E-state index is 0.0555. The van der Waals surface area contributed by atoms with Crippen LogP contribution < -0.4 is 5.69 Å². The Kier molecular flexibility index (Phi) is 6.54. The summed E-state index contributed by atoms with van der Waals surface area (Å²) in [6.07, 6.45) is 4.13. The number of carbonyl (C=O) groups excluding carboxylic acids is 1. The summed E-state index contributed by atoms with van der Waals surface area (Å²) in [5.41, 5.74) is 0.722. The fourth-order valence-electron chi connectivity index (χ4n) is 6.10. The van der Waals surface area contributed by atoms with Crippen molar-refractivity contribution in [3.05, 3.63) is 58.3 Å². The first-order valence-corrected chi connectivity index (χ1v) is 14.2. The van der Waals surface area contributed by atoms with Crippen molar-refractivity contribution in [3.63, 3.8) is 0 Å². The molecule has 1 amide bonds. The molecule has 224 valence electrons. The summed E-state index contributed by atoms with van der Waals surface area (Å²) in [5.74, 6) is -2.94. The molecular weight excluding hydrogens is 551 g/mol. The average Bonchev–Trinajstić information content (AvgIpc) is 3.59. The van der Waals surface area contributed by atoms with E-state index >= 15 is 4.39 Å². The summed E-state index contributed by atoms with van der Waals surface area (Å²) in [4.78, 5) is 28.7. The maximum absolute atomic E-state index is 15.6.